The average molecular weight is 573 g/mol. The van der Waals surface area contributed by atoms with Crippen molar-refractivity contribution in [3.8, 4) is 11.4 Å². The van der Waals surface area contributed by atoms with Gasteiger partial charge in [0, 0.05) is 49.8 Å². The second-order valence-electron chi connectivity index (χ2n) is 10.3. The van der Waals surface area contributed by atoms with E-state index in [0.717, 1.165) is 29.4 Å². The first kappa shape index (κ1) is 30.0. The molecule has 0 atom stereocenters. The fraction of sp³-hybridized carbons (Fsp3) is 0.300. The summed E-state index contributed by atoms with van der Waals surface area (Å²) in [6, 6.07) is 12.0. The Morgan fingerprint density at radius 2 is 1.88 bits per heavy atom. The monoisotopic (exact) mass is 572 g/mol. The van der Waals surface area contributed by atoms with Crippen molar-refractivity contribution in [1.29, 1.82) is 0 Å². The third-order valence-corrected chi connectivity index (χ3v) is 6.66. The van der Waals surface area contributed by atoms with Gasteiger partial charge in [0.05, 0.1) is 18.5 Å². The Morgan fingerprint density at radius 1 is 1.12 bits per heavy atom. The first-order valence-electron chi connectivity index (χ1n) is 13.4. The van der Waals surface area contributed by atoms with Gasteiger partial charge in [0.2, 0.25) is 11.9 Å². The van der Waals surface area contributed by atoms with Crippen molar-refractivity contribution in [1.82, 2.24) is 24.0 Å². The number of rotatable bonds is 11. The molecule has 12 heteroatoms. The predicted octanol–water partition coefficient (Wildman–Crippen LogP) is 3.40. The fourth-order valence-corrected chi connectivity index (χ4v) is 4.39. The molecular weight excluding hydrogens is 536 g/mol. The fourth-order valence-electron chi connectivity index (χ4n) is 4.39. The van der Waals surface area contributed by atoms with Crippen LogP contribution in [0.25, 0.3) is 16.7 Å². The Kier molecular flexibility index (Phi) is 9.06. The molecule has 0 spiro atoms. The van der Waals surface area contributed by atoms with Gasteiger partial charge in [-0.1, -0.05) is 12.6 Å². The average Bonchev–Trinajstić information content (AvgIpc) is 2.96. The summed E-state index contributed by atoms with van der Waals surface area (Å²) in [6.45, 7) is 8.71. The van der Waals surface area contributed by atoms with Crippen molar-refractivity contribution in [2.45, 2.75) is 19.9 Å². The predicted molar refractivity (Wildman–Crippen MR) is 167 cm³/mol. The summed E-state index contributed by atoms with van der Waals surface area (Å²) in [5.41, 5.74) is 1.51. The van der Waals surface area contributed by atoms with E-state index >= 15 is 0 Å². The Balaban J connectivity index is 1.82. The summed E-state index contributed by atoms with van der Waals surface area (Å²) in [7, 11) is 7.65. The van der Waals surface area contributed by atoms with Gasteiger partial charge < -0.3 is 25.2 Å². The molecule has 0 aliphatic heterocycles. The maximum Gasteiger partial charge on any atom is 0.337 e. The van der Waals surface area contributed by atoms with Gasteiger partial charge in [-0.3, -0.25) is 14.2 Å². The molecule has 2 N–H and O–H groups in total. The SMILES string of the molecule is C=CC(=O)Nc1cccc(-n2c(=O)n(C(C)C)c(=O)c3cnc(Nc4ccc(N(C)CCN(C)C)cc4OC)nc32)c1. The number of aromatic nitrogens is 4. The van der Waals surface area contributed by atoms with E-state index < -0.39 is 23.2 Å². The minimum absolute atomic E-state index is 0.116. The molecular formula is C30H36N8O4. The Morgan fingerprint density at radius 3 is 2.55 bits per heavy atom. The molecule has 4 rings (SSSR count). The number of methoxy groups -OCH3 is 1. The van der Waals surface area contributed by atoms with Crippen LogP contribution in [0.5, 0.6) is 5.75 Å². The van der Waals surface area contributed by atoms with Crippen molar-refractivity contribution < 1.29 is 9.53 Å². The van der Waals surface area contributed by atoms with E-state index in [-0.39, 0.29) is 17.0 Å². The molecule has 4 aromatic rings. The molecule has 0 unspecified atom stereocenters. The van der Waals surface area contributed by atoms with Gasteiger partial charge in [-0.05, 0) is 64.4 Å². The maximum atomic E-state index is 13.7. The maximum absolute atomic E-state index is 13.7. The lowest BCUT2D eigenvalue weighted by molar-refractivity contribution is -0.111. The summed E-state index contributed by atoms with van der Waals surface area (Å²) < 4.78 is 8.14. The number of benzene rings is 2. The topological polar surface area (TPSA) is 127 Å². The van der Waals surface area contributed by atoms with Gasteiger partial charge in [0.1, 0.15) is 11.1 Å². The number of likely N-dealkylation sites (N-methyl/N-ethyl adjacent to an activating group) is 2. The lowest BCUT2D eigenvalue weighted by atomic mass is 10.2. The highest BCUT2D eigenvalue weighted by Gasteiger charge is 2.19. The molecule has 42 heavy (non-hydrogen) atoms. The highest BCUT2D eigenvalue weighted by atomic mass is 16.5. The normalized spacial score (nSPS) is 11.1. The van der Waals surface area contributed by atoms with Crippen LogP contribution in [0.3, 0.4) is 0 Å². The van der Waals surface area contributed by atoms with Crippen molar-refractivity contribution in [3.63, 3.8) is 0 Å². The molecule has 0 aliphatic carbocycles. The van der Waals surface area contributed by atoms with Crippen molar-refractivity contribution >= 4 is 40.0 Å². The van der Waals surface area contributed by atoms with Gasteiger partial charge in [-0.15, -0.1) is 0 Å². The van der Waals surface area contributed by atoms with Gasteiger partial charge in [0.15, 0.2) is 5.65 Å². The van der Waals surface area contributed by atoms with E-state index in [1.165, 1.54) is 10.8 Å². The number of hydrogen-bond donors (Lipinski definition) is 2. The van der Waals surface area contributed by atoms with E-state index in [4.69, 9.17) is 4.74 Å². The second kappa shape index (κ2) is 12.7. The summed E-state index contributed by atoms with van der Waals surface area (Å²) in [4.78, 5) is 52.2. The largest absolute Gasteiger partial charge is 0.494 e. The molecule has 0 fully saturated rings. The van der Waals surface area contributed by atoms with Crippen LogP contribution in [0, 0.1) is 0 Å². The molecule has 0 saturated carbocycles. The van der Waals surface area contributed by atoms with E-state index in [2.05, 4.69) is 37.0 Å². The summed E-state index contributed by atoms with van der Waals surface area (Å²) in [5.74, 6) is 0.348. The third-order valence-electron chi connectivity index (χ3n) is 6.66. The molecule has 12 nitrogen and oxygen atoms in total. The Labute approximate surface area is 243 Å². The number of nitrogens with one attached hydrogen (secondary N) is 2. The van der Waals surface area contributed by atoms with Crippen LogP contribution in [0.1, 0.15) is 19.9 Å². The first-order chi connectivity index (χ1) is 20.0. The van der Waals surface area contributed by atoms with Gasteiger partial charge in [-0.25, -0.2) is 14.3 Å². The number of carbonyl (C=O) groups is 1. The third kappa shape index (κ3) is 6.33. The number of anilines is 4. The summed E-state index contributed by atoms with van der Waals surface area (Å²) in [6.07, 6.45) is 2.56. The summed E-state index contributed by atoms with van der Waals surface area (Å²) in [5, 5.41) is 6.03. The zero-order chi connectivity index (χ0) is 30.6. The number of carbonyl (C=O) groups excluding carboxylic acids is 1. The minimum Gasteiger partial charge on any atom is -0.494 e. The number of hydrogen-bond acceptors (Lipinski definition) is 9. The van der Waals surface area contributed by atoms with Gasteiger partial charge in [-0.2, -0.15) is 4.98 Å². The minimum atomic E-state index is -0.568. The van der Waals surface area contributed by atoms with Crippen LogP contribution in [0.2, 0.25) is 0 Å². The molecule has 2 aromatic carbocycles. The molecule has 1 amide bonds. The molecule has 0 aliphatic rings. The van der Waals surface area contributed by atoms with Crippen LogP contribution in [-0.4, -0.2) is 71.3 Å². The van der Waals surface area contributed by atoms with Crippen LogP contribution >= 0.6 is 0 Å². The lowest BCUT2D eigenvalue weighted by Crippen LogP contribution is -2.41. The molecule has 2 aromatic heterocycles. The van der Waals surface area contributed by atoms with Crippen LogP contribution in [0.15, 0.2) is 70.9 Å². The molecule has 2 heterocycles. The molecule has 220 valence electrons. The standard InChI is InChI=1S/C30H36N8O4/c1-8-26(39)32-20-10-9-11-22(16-20)38-27-23(28(40)37(19(2)3)30(38)41)18-31-29(34-27)33-24-13-12-21(17-25(24)42-7)36(6)15-14-35(4)5/h8-13,16-19H,1,14-15H2,2-7H3,(H,32,39)(H,31,33,34). The number of fused-ring (bicyclic) bond motifs is 1. The Bertz CT molecular complexity index is 1740. The molecule has 0 bridgehead atoms. The van der Waals surface area contributed by atoms with Crippen LogP contribution in [-0.2, 0) is 4.79 Å². The van der Waals surface area contributed by atoms with E-state index in [1.54, 1.807) is 45.2 Å². The number of nitrogens with zero attached hydrogens (tertiary/aromatic N) is 6. The zero-order valence-electron chi connectivity index (χ0n) is 24.7. The number of ether oxygens (including phenoxy) is 1. The highest BCUT2D eigenvalue weighted by molar-refractivity contribution is 5.99. The van der Waals surface area contributed by atoms with Gasteiger partial charge >= 0.3 is 5.69 Å². The van der Waals surface area contributed by atoms with E-state index in [0.29, 0.717) is 22.8 Å². The number of amides is 1. The van der Waals surface area contributed by atoms with Crippen molar-refractivity contribution in [3.05, 3.63) is 82.2 Å². The quantitative estimate of drug-likeness (QED) is 0.260. The lowest BCUT2D eigenvalue weighted by Gasteiger charge is -2.23. The highest BCUT2D eigenvalue weighted by Crippen LogP contribution is 2.31. The molecule has 0 saturated heterocycles. The van der Waals surface area contributed by atoms with E-state index in [9.17, 15) is 14.4 Å². The molecule has 0 radical (unpaired) electrons. The van der Waals surface area contributed by atoms with Crippen LogP contribution in [0.4, 0.5) is 23.0 Å². The van der Waals surface area contributed by atoms with Crippen molar-refractivity contribution in [2.75, 3.05) is 56.9 Å². The second-order valence-corrected chi connectivity index (χ2v) is 10.3. The first-order valence-corrected chi connectivity index (χ1v) is 13.4. The van der Waals surface area contributed by atoms with Crippen molar-refractivity contribution in [2.24, 2.45) is 0 Å². The zero-order valence-corrected chi connectivity index (χ0v) is 24.7. The Hall–Kier alpha value is -4.97. The summed E-state index contributed by atoms with van der Waals surface area (Å²) >= 11 is 0. The smallest absolute Gasteiger partial charge is 0.337 e. The van der Waals surface area contributed by atoms with Crippen LogP contribution < -0.4 is 31.5 Å². The van der Waals surface area contributed by atoms with Gasteiger partial charge in [0.25, 0.3) is 5.56 Å². The van der Waals surface area contributed by atoms with E-state index in [1.807, 2.05) is 39.3 Å².